The first-order valence-electron chi connectivity index (χ1n) is 7.05. The number of hydrogen-bond donors (Lipinski definition) is 0. The maximum atomic E-state index is 5.87. The van der Waals surface area contributed by atoms with E-state index in [4.69, 9.17) is 4.74 Å². The van der Waals surface area contributed by atoms with Crippen LogP contribution in [0.4, 0.5) is 0 Å². The quantitative estimate of drug-likeness (QED) is 0.437. The number of rotatable bonds is 6. The molecule has 0 N–H and O–H groups in total. The van der Waals surface area contributed by atoms with Gasteiger partial charge in [0.25, 0.3) is 0 Å². The highest BCUT2D eigenvalue weighted by Crippen LogP contribution is 2.23. The van der Waals surface area contributed by atoms with E-state index in [0.29, 0.717) is 0 Å². The largest absolute Gasteiger partial charge is 0.329 e. The van der Waals surface area contributed by atoms with Crippen LogP contribution in [0.25, 0.3) is 10.8 Å². The van der Waals surface area contributed by atoms with Gasteiger partial charge >= 0.3 is 0 Å². The molecule has 0 heterocycles. The van der Waals surface area contributed by atoms with Crippen molar-refractivity contribution < 1.29 is 9.22 Å². The molecule has 0 aromatic heterocycles. The van der Waals surface area contributed by atoms with Crippen LogP contribution in [0, 0.1) is 0 Å². The summed E-state index contributed by atoms with van der Waals surface area (Å²) < 4.78 is 6.68. The van der Waals surface area contributed by atoms with Crippen molar-refractivity contribution in [2.45, 2.75) is 19.7 Å². The van der Waals surface area contributed by atoms with Crippen molar-refractivity contribution in [1.29, 1.82) is 0 Å². The second kappa shape index (κ2) is 6.70. The van der Waals surface area contributed by atoms with Crippen molar-refractivity contribution in [3.8, 4) is 0 Å². The summed E-state index contributed by atoms with van der Waals surface area (Å²) >= 11 is 3.58. The Kier molecular flexibility index (Phi) is 5.19. The third-order valence-corrected chi connectivity index (χ3v) is 4.28. The molecule has 0 radical (unpaired) electrons. The lowest BCUT2D eigenvalue weighted by atomic mass is 10.0. The molecule has 0 bridgehead atoms. The molecule has 0 spiro atoms. The average molecular weight is 337 g/mol. The molecule has 0 saturated carbocycles. The molecule has 0 saturated heterocycles. The van der Waals surface area contributed by atoms with Gasteiger partial charge in [-0.3, -0.25) is 4.48 Å². The Labute approximate surface area is 130 Å². The topological polar surface area (TPSA) is 9.23 Å². The van der Waals surface area contributed by atoms with Crippen LogP contribution in [0.5, 0.6) is 0 Å². The zero-order valence-corrected chi connectivity index (χ0v) is 14.1. The van der Waals surface area contributed by atoms with E-state index in [2.05, 4.69) is 72.5 Å². The number of fused-ring (bicyclic) bond motifs is 1. The number of benzene rings is 2. The summed E-state index contributed by atoms with van der Waals surface area (Å²) in [5, 5.41) is 3.49. The number of quaternary nitrogens is 1. The third-order valence-electron chi connectivity index (χ3n) is 3.73. The van der Waals surface area contributed by atoms with E-state index < -0.39 is 0 Å². The van der Waals surface area contributed by atoms with Gasteiger partial charge in [0.2, 0.25) is 6.23 Å². The molecule has 2 aromatic rings. The summed E-state index contributed by atoms with van der Waals surface area (Å²) in [7, 11) is 4.45. The molecule has 0 fully saturated rings. The van der Waals surface area contributed by atoms with E-state index in [9.17, 15) is 0 Å². The number of ether oxygens (including phenoxy) is 1. The lowest BCUT2D eigenvalue weighted by Crippen LogP contribution is -2.50. The summed E-state index contributed by atoms with van der Waals surface area (Å²) in [5.41, 5.74) is 1.37. The van der Waals surface area contributed by atoms with E-state index in [1.165, 1.54) is 16.3 Å². The Hall–Kier alpha value is -0.900. The molecule has 1 atom stereocenters. The summed E-state index contributed by atoms with van der Waals surface area (Å²) in [6.07, 6.45) is 0.166. The van der Waals surface area contributed by atoms with Gasteiger partial charge in [-0.25, -0.2) is 0 Å². The van der Waals surface area contributed by atoms with Gasteiger partial charge in [-0.15, -0.1) is 0 Å². The minimum atomic E-state index is 0.166. The smallest absolute Gasteiger partial charge is 0.202 e. The molecule has 0 amide bonds. The number of alkyl halides is 1. The van der Waals surface area contributed by atoms with Gasteiger partial charge < -0.3 is 4.74 Å². The number of nitrogens with zero attached hydrogens (tertiary/aromatic N) is 1. The fourth-order valence-electron chi connectivity index (χ4n) is 2.60. The fraction of sp³-hybridized carbons (Fsp3) is 0.412. The Morgan fingerprint density at radius 1 is 1.10 bits per heavy atom. The van der Waals surface area contributed by atoms with Gasteiger partial charge in [-0.05, 0) is 17.7 Å². The van der Waals surface area contributed by atoms with Crippen molar-refractivity contribution >= 4 is 26.7 Å². The standard InChI is InChI=1S/C17H23BrNO/c1-4-20-17(12-18)19(2,3)13-15-10-7-9-14-8-5-6-11-16(14)15/h5-11,17H,4,12-13H2,1-3H3/q+1/t17-/m0/s1. The molecule has 0 aliphatic heterocycles. The molecular weight excluding hydrogens is 314 g/mol. The summed E-state index contributed by atoms with van der Waals surface area (Å²) in [4.78, 5) is 0. The molecule has 0 unspecified atom stereocenters. The van der Waals surface area contributed by atoms with E-state index >= 15 is 0 Å². The highest BCUT2D eigenvalue weighted by molar-refractivity contribution is 9.09. The molecular formula is C17H23BrNO+. The highest BCUT2D eigenvalue weighted by Gasteiger charge is 2.28. The Balaban J connectivity index is 2.31. The first-order chi connectivity index (χ1) is 9.58. The predicted molar refractivity (Wildman–Crippen MR) is 89.0 cm³/mol. The molecule has 108 valence electrons. The third kappa shape index (κ3) is 3.40. The molecule has 0 aliphatic rings. The SMILES string of the molecule is CCO[C@@H](CBr)[N+](C)(C)Cc1cccc2ccccc12. The Morgan fingerprint density at radius 2 is 1.80 bits per heavy atom. The maximum Gasteiger partial charge on any atom is 0.202 e. The molecule has 0 aliphatic carbocycles. The number of halogens is 1. The predicted octanol–water partition coefficient (Wildman–Crippen LogP) is 4.17. The summed E-state index contributed by atoms with van der Waals surface area (Å²) in [6.45, 7) is 3.75. The number of hydrogen-bond acceptors (Lipinski definition) is 1. The monoisotopic (exact) mass is 336 g/mol. The van der Waals surface area contributed by atoms with Gasteiger partial charge in [0.15, 0.2) is 0 Å². The lowest BCUT2D eigenvalue weighted by Gasteiger charge is -2.36. The van der Waals surface area contributed by atoms with Gasteiger partial charge in [0, 0.05) is 5.56 Å². The van der Waals surface area contributed by atoms with Crippen LogP contribution in [0.2, 0.25) is 0 Å². The van der Waals surface area contributed by atoms with Crippen LogP contribution in [0.1, 0.15) is 12.5 Å². The second-order valence-corrected chi connectivity index (χ2v) is 6.29. The second-order valence-electron chi connectivity index (χ2n) is 5.64. The van der Waals surface area contributed by atoms with Crippen LogP contribution >= 0.6 is 15.9 Å². The van der Waals surface area contributed by atoms with Gasteiger partial charge in [0.1, 0.15) is 6.54 Å². The van der Waals surface area contributed by atoms with Crippen LogP contribution in [0.3, 0.4) is 0 Å². The van der Waals surface area contributed by atoms with E-state index in [-0.39, 0.29) is 6.23 Å². The highest BCUT2D eigenvalue weighted by atomic mass is 79.9. The zero-order valence-electron chi connectivity index (χ0n) is 12.5. The van der Waals surface area contributed by atoms with E-state index in [0.717, 1.165) is 23.0 Å². The lowest BCUT2D eigenvalue weighted by molar-refractivity contribution is -0.946. The van der Waals surface area contributed by atoms with Crippen LogP contribution in [-0.4, -0.2) is 36.7 Å². The van der Waals surface area contributed by atoms with Crippen LogP contribution in [-0.2, 0) is 11.3 Å². The van der Waals surface area contributed by atoms with Crippen molar-refractivity contribution in [3.63, 3.8) is 0 Å². The van der Waals surface area contributed by atoms with Crippen LogP contribution in [0.15, 0.2) is 42.5 Å². The van der Waals surface area contributed by atoms with E-state index in [1.807, 2.05) is 6.92 Å². The van der Waals surface area contributed by atoms with Gasteiger partial charge in [-0.1, -0.05) is 58.4 Å². The van der Waals surface area contributed by atoms with Gasteiger partial charge in [0.05, 0.1) is 26.0 Å². The molecule has 20 heavy (non-hydrogen) atoms. The summed E-state index contributed by atoms with van der Waals surface area (Å²) in [5.74, 6) is 0. The minimum absolute atomic E-state index is 0.166. The van der Waals surface area contributed by atoms with Crippen LogP contribution < -0.4 is 0 Å². The maximum absolute atomic E-state index is 5.87. The van der Waals surface area contributed by atoms with Crippen molar-refractivity contribution in [3.05, 3.63) is 48.0 Å². The zero-order chi connectivity index (χ0) is 14.6. The van der Waals surface area contributed by atoms with Crippen molar-refractivity contribution in [2.75, 3.05) is 26.0 Å². The van der Waals surface area contributed by atoms with Crippen molar-refractivity contribution in [2.24, 2.45) is 0 Å². The molecule has 3 heteroatoms. The van der Waals surface area contributed by atoms with Gasteiger partial charge in [-0.2, -0.15) is 0 Å². The summed E-state index contributed by atoms with van der Waals surface area (Å²) in [6, 6.07) is 15.1. The minimum Gasteiger partial charge on any atom is -0.329 e. The Morgan fingerprint density at radius 3 is 2.50 bits per heavy atom. The average Bonchev–Trinajstić information content (AvgIpc) is 2.44. The van der Waals surface area contributed by atoms with Crippen molar-refractivity contribution in [1.82, 2.24) is 0 Å². The molecule has 2 rings (SSSR count). The van der Waals surface area contributed by atoms with E-state index in [1.54, 1.807) is 0 Å². The normalized spacial score (nSPS) is 13.6. The fourth-order valence-corrected chi connectivity index (χ4v) is 3.57. The first-order valence-corrected chi connectivity index (χ1v) is 8.17. The molecule has 2 aromatic carbocycles. The molecule has 2 nitrogen and oxygen atoms in total. The Bertz CT molecular complexity index is 562. The first kappa shape index (κ1) is 15.5.